The molecule has 0 atom stereocenters. The zero-order valence-corrected chi connectivity index (χ0v) is 26.0. The molecule has 2 heterocycles. The fourth-order valence-corrected chi connectivity index (χ4v) is 7.28. The molecule has 4 nitrogen and oxygen atoms in total. The highest BCUT2D eigenvalue weighted by molar-refractivity contribution is 5.99. The van der Waals surface area contributed by atoms with E-state index in [-0.39, 0.29) is 0 Å². The Morgan fingerprint density at radius 1 is 0.512 bits per heavy atom. The third-order valence-corrected chi connectivity index (χ3v) is 9.65. The summed E-state index contributed by atoms with van der Waals surface area (Å²) < 4.78 is 12.4. The average molecular weight is 579 g/mol. The minimum absolute atomic E-state index is 0.568. The zero-order valence-electron chi connectivity index (χ0n) is 26.0. The molecule has 2 saturated heterocycles. The maximum absolute atomic E-state index is 6.21. The van der Waals surface area contributed by atoms with Crippen molar-refractivity contribution < 1.29 is 9.47 Å². The third kappa shape index (κ3) is 8.31. The Bertz CT molecular complexity index is 1200. The molecule has 0 radical (unpaired) electrons. The predicted octanol–water partition coefficient (Wildman–Crippen LogP) is 8.57. The van der Waals surface area contributed by atoms with E-state index in [1.165, 1.54) is 118 Å². The van der Waals surface area contributed by atoms with Crippen LogP contribution in [0, 0.1) is 5.92 Å². The van der Waals surface area contributed by atoms with Crippen molar-refractivity contribution in [1.29, 1.82) is 0 Å². The molecule has 0 unspecified atom stereocenters. The van der Waals surface area contributed by atoms with Gasteiger partial charge in [-0.1, -0.05) is 80.3 Å². The third-order valence-electron chi connectivity index (χ3n) is 9.65. The molecular formula is C39H50N2O2. The van der Waals surface area contributed by atoms with E-state index in [0.717, 1.165) is 37.8 Å². The summed E-state index contributed by atoms with van der Waals surface area (Å²) in [6.45, 7) is 8.37. The molecule has 6 rings (SSSR count). The van der Waals surface area contributed by atoms with Crippen molar-refractivity contribution in [1.82, 2.24) is 9.80 Å². The van der Waals surface area contributed by atoms with Crippen molar-refractivity contribution in [3.63, 3.8) is 0 Å². The molecule has 3 aromatic rings. The highest BCUT2D eigenvalue weighted by Crippen LogP contribution is 2.44. The normalized spacial score (nSPS) is 18.4. The molecule has 43 heavy (non-hydrogen) atoms. The summed E-state index contributed by atoms with van der Waals surface area (Å²) in [4.78, 5) is 5.07. The van der Waals surface area contributed by atoms with Crippen LogP contribution < -0.4 is 9.47 Å². The molecule has 0 N–H and O–H groups in total. The molecule has 0 aromatic heterocycles. The van der Waals surface area contributed by atoms with E-state index in [2.05, 4.69) is 88.7 Å². The minimum Gasteiger partial charge on any atom is -0.492 e. The van der Waals surface area contributed by atoms with E-state index in [0.29, 0.717) is 5.92 Å². The van der Waals surface area contributed by atoms with Crippen molar-refractivity contribution in [2.75, 3.05) is 52.5 Å². The molecule has 1 saturated carbocycles. The second-order valence-corrected chi connectivity index (χ2v) is 12.7. The van der Waals surface area contributed by atoms with E-state index in [4.69, 9.17) is 9.47 Å². The Kier molecular flexibility index (Phi) is 10.9. The van der Waals surface area contributed by atoms with Gasteiger partial charge in [-0.05, 0) is 123 Å². The van der Waals surface area contributed by atoms with Crippen molar-refractivity contribution in [2.45, 2.75) is 64.2 Å². The molecule has 3 fully saturated rings. The smallest absolute Gasteiger partial charge is 0.119 e. The Labute approximate surface area is 259 Å². The zero-order chi connectivity index (χ0) is 29.1. The molecule has 3 aliphatic rings. The van der Waals surface area contributed by atoms with Crippen LogP contribution in [0.3, 0.4) is 0 Å². The predicted molar refractivity (Wildman–Crippen MR) is 179 cm³/mol. The van der Waals surface area contributed by atoms with Crippen LogP contribution >= 0.6 is 0 Å². The van der Waals surface area contributed by atoms with Crippen molar-refractivity contribution >= 4 is 11.1 Å². The van der Waals surface area contributed by atoms with Crippen LogP contribution in [0.5, 0.6) is 11.5 Å². The van der Waals surface area contributed by atoms with Gasteiger partial charge in [0.25, 0.3) is 0 Å². The number of benzene rings is 3. The van der Waals surface area contributed by atoms with E-state index in [9.17, 15) is 0 Å². The van der Waals surface area contributed by atoms with Crippen molar-refractivity contribution in [2.24, 2.45) is 5.92 Å². The number of ether oxygens (including phenoxy) is 2. The van der Waals surface area contributed by atoms with Crippen LogP contribution in [-0.4, -0.2) is 62.3 Å². The van der Waals surface area contributed by atoms with E-state index in [1.807, 2.05) is 0 Å². The van der Waals surface area contributed by atoms with Gasteiger partial charge in [0.15, 0.2) is 0 Å². The lowest BCUT2D eigenvalue weighted by molar-refractivity contribution is 0.183. The lowest BCUT2D eigenvalue weighted by atomic mass is 9.82. The van der Waals surface area contributed by atoms with Gasteiger partial charge in [0.05, 0.1) is 0 Å². The second kappa shape index (κ2) is 15.6. The first-order chi connectivity index (χ1) is 21.3. The summed E-state index contributed by atoms with van der Waals surface area (Å²) in [5.74, 6) is 2.48. The fraction of sp³-hybridized carbons (Fsp3) is 0.487. The number of hydrogen-bond donors (Lipinski definition) is 0. The highest BCUT2D eigenvalue weighted by Gasteiger charge is 2.25. The largest absolute Gasteiger partial charge is 0.492 e. The average Bonchev–Trinajstić information content (AvgIpc) is 3.61. The molecule has 2 aliphatic heterocycles. The Morgan fingerprint density at radius 3 is 1.44 bits per heavy atom. The lowest BCUT2D eigenvalue weighted by Gasteiger charge is -2.26. The molecule has 0 spiro atoms. The van der Waals surface area contributed by atoms with Gasteiger partial charge in [-0.25, -0.2) is 0 Å². The lowest BCUT2D eigenvalue weighted by Crippen LogP contribution is -2.33. The number of rotatable bonds is 12. The van der Waals surface area contributed by atoms with E-state index in [1.54, 1.807) is 0 Å². The molecule has 0 amide bonds. The molecule has 4 heteroatoms. The molecule has 3 aromatic carbocycles. The van der Waals surface area contributed by atoms with Gasteiger partial charge in [-0.3, -0.25) is 9.80 Å². The van der Waals surface area contributed by atoms with Gasteiger partial charge >= 0.3 is 0 Å². The Balaban J connectivity index is 1.24. The maximum atomic E-state index is 6.21. The minimum atomic E-state index is 0.568. The van der Waals surface area contributed by atoms with Gasteiger partial charge in [0, 0.05) is 13.1 Å². The number of likely N-dealkylation sites (tertiary alicyclic amines) is 2. The topological polar surface area (TPSA) is 24.9 Å². The van der Waals surface area contributed by atoms with E-state index < -0.39 is 0 Å². The highest BCUT2D eigenvalue weighted by atomic mass is 16.5. The summed E-state index contributed by atoms with van der Waals surface area (Å²) >= 11 is 0. The van der Waals surface area contributed by atoms with Gasteiger partial charge in [-0.2, -0.15) is 0 Å². The first kappa shape index (κ1) is 30.0. The standard InChI is InChI=1S/C39H50N2O2/c1-4-12-32(13-5-1)38(33-14-6-7-15-33)39(34-16-20-36(21-17-34)42-30-28-40-24-8-2-9-25-40)35-18-22-37(23-19-35)43-31-29-41-26-10-3-11-27-41/h1,4-5,12-13,16-23,33H,2-3,6-11,14-15,24-31H2. The molecule has 0 bridgehead atoms. The Hall–Kier alpha value is -3.08. The summed E-state index contributed by atoms with van der Waals surface area (Å²) in [7, 11) is 0. The number of piperidine rings is 2. The van der Waals surface area contributed by atoms with Crippen molar-refractivity contribution in [3.8, 4) is 11.5 Å². The number of allylic oxidation sites excluding steroid dienone is 1. The van der Waals surface area contributed by atoms with Crippen LogP contribution in [0.4, 0.5) is 0 Å². The van der Waals surface area contributed by atoms with Crippen LogP contribution in [0.25, 0.3) is 11.1 Å². The molecular weight excluding hydrogens is 528 g/mol. The summed E-state index contributed by atoms with van der Waals surface area (Å²) in [5.41, 5.74) is 6.68. The van der Waals surface area contributed by atoms with Crippen LogP contribution in [0.15, 0.2) is 78.9 Å². The first-order valence-electron chi connectivity index (χ1n) is 17.0. The van der Waals surface area contributed by atoms with Crippen LogP contribution in [0.1, 0.15) is 80.9 Å². The Morgan fingerprint density at radius 2 is 0.977 bits per heavy atom. The second-order valence-electron chi connectivity index (χ2n) is 12.7. The molecule has 228 valence electrons. The number of hydrogen-bond acceptors (Lipinski definition) is 4. The van der Waals surface area contributed by atoms with Gasteiger partial charge in [0.2, 0.25) is 0 Å². The fourth-order valence-electron chi connectivity index (χ4n) is 7.28. The monoisotopic (exact) mass is 578 g/mol. The van der Waals surface area contributed by atoms with Crippen LogP contribution in [0.2, 0.25) is 0 Å². The van der Waals surface area contributed by atoms with Crippen molar-refractivity contribution in [3.05, 3.63) is 95.6 Å². The SMILES string of the molecule is c1ccc(C(=C(c2ccc(OCCN3CCCCC3)cc2)c2ccc(OCCN3CCCCC3)cc2)C2CCCC2)cc1. The number of nitrogens with zero attached hydrogens (tertiary/aromatic N) is 2. The van der Waals surface area contributed by atoms with E-state index >= 15 is 0 Å². The van der Waals surface area contributed by atoms with Gasteiger partial charge in [-0.15, -0.1) is 0 Å². The first-order valence-corrected chi connectivity index (χ1v) is 17.0. The van der Waals surface area contributed by atoms with Gasteiger partial charge in [0.1, 0.15) is 24.7 Å². The summed E-state index contributed by atoms with van der Waals surface area (Å²) in [6.07, 6.45) is 13.1. The summed E-state index contributed by atoms with van der Waals surface area (Å²) in [5, 5.41) is 0. The molecule has 1 aliphatic carbocycles. The maximum Gasteiger partial charge on any atom is 0.119 e. The summed E-state index contributed by atoms with van der Waals surface area (Å²) in [6, 6.07) is 28.8. The van der Waals surface area contributed by atoms with Gasteiger partial charge < -0.3 is 9.47 Å². The van der Waals surface area contributed by atoms with Crippen LogP contribution in [-0.2, 0) is 0 Å². The quantitative estimate of drug-likeness (QED) is 0.201.